The van der Waals surface area contributed by atoms with Gasteiger partial charge in [0.2, 0.25) is 0 Å². The molecule has 0 amide bonds. The molecule has 3 rings (SSSR count). The molecule has 1 unspecified atom stereocenters. The molecular formula is C16H17NO. The summed E-state index contributed by atoms with van der Waals surface area (Å²) in [6.07, 6.45) is 6.36. The lowest BCUT2D eigenvalue weighted by Gasteiger charge is -2.35. The third kappa shape index (κ3) is 1.73. The summed E-state index contributed by atoms with van der Waals surface area (Å²) in [5, 5.41) is 11.1. The molecule has 0 radical (unpaired) electrons. The van der Waals surface area contributed by atoms with E-state index >= 15 is 0 Å². The van der Waals surface area contributed by atoms with Crippen LogP contribution in [0.1, 0.15) is 35.1 Å². The van der Waals surface area contributed by atoms with Crippen molar-refractivity contribution in [1.29, 1.82) is 0 Å². The molecule has 92 valence electrons. The van der Waals surface area contributed by atoms with Crippen molar-refractivity contribution in [2.45, 2.75) is 31.8 Å². The van der Waals surface area contributed by atoms with Gasteiger partial charge in [0.25, 0.3) is 0 Å². The first-order chi connectivity index (χ1) is 8.70. The maximum absolute atomic E-state index is 11.1. The van der Waals surface area contributed by atoms with Crippen molar-refractivity contribution in [3.8, 4) is 0 Å². The van der Waals surface area contributed by atoms with Gasteiger partial charge in [-0.3, -0.25) is 4.98 Å². The fourth-order valence-corrected chi connectivity index (χ4v) is 2.93. The van der Waals surface area contributed by atoms with Gasteiger partial charge in [-0.1, -0.05) is 23.8 Å². The van der Waals surface area contributed by atoms with Crippen molar-refractivity contribution >= 4 is 0 Å². The first-order valence-electron chi connectivity index (χ1n) is 6.43. The zero-order chi connectivity index (χ0) is 12.6. The van der Waals surface area contributed by atoms with Crippen LogP contribution in [0.5, 0.6) is 0 Å². The standard InChI is InChI=1S/C16H17NO/c1-12-4-5-15-13(11-12)3-2-8-16(15,18)14-6-9-17-10-7-14/h4-7,9-11,18H,2-3,8H2,1H3. The molecule has 1 aromatic carbocycles. The van der Waals surface area contributed by atoms with Crippen LogP contribution in [0.2, 0.25) is 0 Å². The van der Waals surface area contributed by atoms with Gasteiger partial charge in [-0.15, -0.1) is 0 Å². The Morgan fingerprint density at radius 3 is 2.72 bits per heavy atom. The summed E-state index contributed by atoms with van der Waals surface area (Å²) in [5.41, 5.74) is 3.70. The predicted octanol–water partition coefficient (Wildman–Crippen LogP) is 2.96. The minimum absolute atomic E-state index is 0.785. The summed E-state index contributed by atoms with van der Waals surface area (Å²) in [5.74, 6) is 0. The van der Waals surface area contributed by atoms with Crippen molar-refractivity contribution < 1.29 is 5.11 Å². The van der Waals surface area contributed by atoms with E-state index in [0.29, 0.717) is 0 Å². The Labute approximate surface area is 107 Å². The van der Waals surface area contributed by atoms with Crippen LogP contribution in [0.15, 0.2) is 42.7 Å². The zero-order valence-corrected chi connectivity index (χ0v) is 10.6. The summed E-state index contributed by atoms with van der Waals surface area (Å²) in [6.45, 7) is 2.10. The van der Waals surface area contributed by atoms with Crippen molar-refractivity contribution in [3.05, 3.63) is 65.0 Å². The van der Waals surface area contributed by atoms with Crippen LogP contribution in [0.25, 0.3) is 0 Å². The third-order valence-electron chi connectivity index (χ3n) is 3.85. The van der Waals surface area contributed by atoms with E-state index in [1.165, 1.54) is 11.1 Å². The van der Waals surface area contributed by atoms with Crippen LogP contribution >= 0.6 is 0 Å². The number of benzene rings is 1. The molecule has 0 bridgehead atoms. The molecule has 1 heterocycles. The topological polar surface area (TPSA) is 33.1 Å². The van der Waals surface area contributed by atoms with E-state index in [4.69, 9.17) is 0 Å². The van der Waals surface area contributed by atoms with Gasteiger partial charge >= 0.3 is 0 Å². The SMILES string of the molecule is Cc1ccc2c(c1)CCCC2(O)c1ccncc1. The van der Waals surface area contributed by atoms with Crippen LogP contribution in [0, 0.1) is 6.92 Å². The van der Waals surface area contributed by atoms with Crippen molar-refractivity contribution in [3.63, 3.8) is 0 Å². The number of hydrogen-bond acceptors (Lipinski definition) is 2. The number of fused-ring (bicyclic) bond motifs is 1. The van der Waals surface area contributed by atoms with Crippen LogP contribution < -0.4 is 0 Å². The highest BCUT2D eigenvalue weighted by atomic mass is 16.3. The number of nitrogens with zero attached hydrogens (tertiary/aromatic N) is 1. The average molecular weight is 239 g/mol. The summed E-state index contributed by atoms with van der Waals surface area (Å²) >= 11 is 0. The molecule has 1 N–H and O–H groups in total. The number of aromatic nitrogens is 1. The molecule has 2 heteroatoms. The lowest BCUT2D eigenvalue weighted by molar-refractivity contribution is 0.0615. The van der Waals surface area contributed by atoms with E-state index < -0.39 is 5.60 Å². The van der Waals surface area contributed by atoms with Crippen LogP contribution in [0.3, 0.4) is 0 Å². The molecule has 1 atom stereocenters. The predicted molar refractivity (Wildman–Crippen MR) is 71.4 cm³/mol. The highest BCUT2D eigenvalue weighted by Gasteiger charge is 2.35. The zero-order valence-electron chi connectivity index (χ0n) is 10.6. The fraction of sp³-hybridized carbons (Fsp3) is 0.312. The van der Waals surface area contributed by atoms with Gasteiger partial charge in [0, 0.05) is 12.4 Å². The van der Waals surface area contributed by atoms with Gasteiger partial charge in [-0.25, -0.2) is 0 Å². The molecule has 1 aliphatic carbocycles. The molecule has 2 nitrogen and oxygen atoms in total. The fourth-order valence-electron chi connectivity index (χ4n) is 2.93. The molecule has 0 saturated heterocycles. The second-order valence-electron chi connectivity index (χ2n) is 5.11. The van der Waals surface area contributed by atoms with E-state index in [2.05, 4.69) is 30.1 Å². The average Bonchev–Trinajstić information content (AvgIpc) is 2.40. The minimum atomic E-state index is -0.843. The van der Waals surface area contributed by atoms with E-state index in [-0.39, 0.29) is 0 Å². The number of hydrogen-bond donors (Lipinski definition) is 1. The summed E-state index contributed by atoms with van der Waals surface area (Å²) in [7, 11) is 0. The van der Waals surface area contributed by atoms with Gasteiger partial charge < -0.3 is 5.11 Å². The second kappa shape index (κ2) is 4.21. The first-order valence-corrected chi connectivity index (χ1v) is 6.43. The smallest absolute Gasteiger partial charge is 0.115 e. The summed E-state index contributed by atoms with van der Waals surface area (Å²) in [6, 6.07) is 10.2. The van der Waals surface area contributed by atoms with Crippen LogP contribution in [-0.4, -0.2) is 10.1 Å². The Balaban J connectivity index is 2.16. The van der Waals surface area contributed by atoms with Gasteiger partial charge in [0.05, 0.1) is 0 Å². The highest BCUT2D eigenvalue weighted by Crippen LogP contribution is 2.40. The second-order valence-corrected chi connectivity index (χ2v) is 5.11. The maximum atomic E-state index is 11.1. The monoisotopic (exact) mass is 239 g/mol. The Hall–Kier alpha value is -1.67. The minimum Gasteiger partial charge on any atom is -0.380 e. The van der Waals surface area contributed by atoms with E-state index in [0.717, 1.165) is 30.4 Å². The van der Waals surface area contributed by atoms with E-state index in [1.807, 2.05) is 12.1 Å². The van der Waals surface area contributed by atoms with Crippen LogP contribution in [0.4, 0.5) is 0 Å². The first kappa shape index (κ1) is 11.4. The molecule has 2 aromatic rings. The van der Waals surface area contributed by atoms with Crippen molar-refractivity contribution in [1.82, 2.24) is 4.98 Å². The van der Waals surface area contributed by atoms with Gasteiger partial charge in [-0.05, 0) is 55.0 Å². The number of rotatable bonds is 1. The van der Waals surface area contributed by atoms with Crippen molar-refractivity contribution in [2.24, 2.45) is 0 Å². The normalized spacial score (nSPS) is 22.6. The Morgan fingerprint density at radius 2 is 1.94 bits per heavy atom. The van der Waals surface area contributed by atoms with Crippen LogP contribution in [-0.2, 0) is 12.0 Å². The van der Waals surface area contributed by atoms with E-state index in [9.17, 15) is 5.11 Å². The third-order valence-corrected chi connectivity index (χ3v) is 3.85. The number of aryl methyl sites for hydroxylation is 2. The molecular weight excluding hydrogens is 222 g/mol. The molecule has 0 saturated carbocycles. The summed E-state index contributed by atoms with van der Waals surface area (Å²) in [4.78, 5) is 4.03. The molecule has 1 aliphatic rings. The Morgan fingerprint density at radius 1 is 1.17 bits per heavy atom. The Kier molecular flexibility index (Phi) is 2.67. The molecule has 0 spiro atoms. The molecule has 18 heavy (non-hydrogen) atoms. The lowest BCUT2D eigenvalue weighted by atomic mass is 9.75. The largest absolute Gasteiger partial charge is 0.380 e. The van der Waals surface area contributed by atoms with Gasteiger partial charge in [0.15, 0.2) is 0 Å². The van der Waals surface area contributed by atoms with E-state index in [1.54, 1.807) is 12.4 Å². The highest BCUT2D eigenvalue weighted by molar-refractivity contribution is 5.43. The van der Waals surface area contributed by atoms with Gasteiger partial charge in [0.1, 0.15) is 5.60 Å². The Bertz CT molecular complexity index is 565. The lowest BCUT2D eigenvalue weighted by Crippen LogP contribution is -2.31. The quantitative estimate of drug-likeness (QED) is 0.830. The number of pyridine rings is 1. The van der Waals surface area contributed by atoms with Gasteiger partial charge in [-0.2, -0.15) is 0 Å². The summed E-state index contributed by atoms with van der Waals surface area (Å²) < 4.78 is 0. The molecule has 0 fully saturated rings. The molecule has 0 aliphatic heterocycles. The molecule has 1 aromatic heterocycles. The maximum Gasteiger partial charge on any atom is 0.115 e. The van der Waals surface area contributed by atoms with Crippen molar-refractivity contribution in [2.75, 3.05) is 0 Å². The number of aliphatic hydroxyl groups is 1.